The number of aromatic nitrogens is 2. The van der Waals surface area contributed by atoms with Crippen LogP contribution in [0.25, 0.3) is 0 Å². The van der Waals surface area contributed by atoms with Gasteiger partial charge in [0.1, 0.15) is 5.82 Å². The number of likely N-dealkylation sites (tertiary alicyclic amines) is 1. The summed E-state index contributed by atoms with van der Waals surface area (Å²) in [6, 6.07) is 6.63. The van der Waals surface area contributed by atoms with Crippen molar-refractivity contribution in [1.82, 2.24) is 14.7 Å². The Balaban J connectivity index is 1.67. The fraction of sp³-hybridized carbons (Fsp3) is 0.474. The summed E-state index contributed by atoms with van der Waals surface area (Å²) in [5, 5.41) is 7.16. The summed E-state index contributed by atoms with van der Waals surface area (Å²) in [4.78, 5) is 14.2. The van der Waals surface area contributed by atoms with Crippen LogP contribution >= 0.6 is 0 Å². The lowest BCUT2D eigenvalue weighted by molar-refractivity contribution is -0.173. The van der Waals surface area contributed by atoms with Gasteiger partial charge in [-0.1, -0.05) is 29.8 Å². The highest BCUT2D eigenvalue weighted by atomic mass is 19.4. The zero-order valence-corrected chi connectivity index (χ0v) is 15.0. The standard InChI is InChI=1S/C19H21F3N4O/c1-12-4-6-13(7-5-12)14-10-16(19(20,21)22)26-17(23-14)11-15(24-26)18(27)25-8-2-3-9-25/h4-7,11,14,16,23H,2-3,8-10H2,1H3/t14-,16-/m0/s1. The minimum atomic E-state index is -4.44. The monoisotopic (exact) mass is 378 g/mol. The molecule has 0 unspecified atom stereocenters. The lowest BCUT2D eigenvalue weighted by Gasteiger charge is -2.33. The van der Waals surface area contributed by atoms with E-state index in [1.54, 1.807) is 4.90 Å². The molecular formula is C19H21F3N4O. The summed E-state index contributed by atoms with van der Waals surface area (Å²) in [6.45, 7) is 3.19. The van der Waals surface area contributed by atoms with Gasteiger partial charge < -0.3 is 10.2 Å². The molecule has 144 valence electrons. The number of alkyl halides is 3. The second kappa shape index (κ2) is 6.58. The lowest BCUT2D eigenvalue weighted by Crippen LogP contribution is -2.36. The summed E-state index contributed by atoms with van der Waals surface area (Å²) in [7, 11) is 0. The van der Waals surface area contributed by atoms with Crippen LogP contribution in [0, 0.1) is 6.92 Å². The molecule has 1 fully saturated rings. The third-order valence-electron chi connectivity index (χ3n) is 5.28. The summed E-state index contributed by atoms with van der Waals surface area (Å²) < 4.78 is 42.0. The molecule has 2 atom stereocenters. The molecule has 5 nitrogen and oxygen atoms in total. The number of aryl methyl sites for hydroxylation is 1. The Kier molecular flexibility index (Phi) is 4.36. The first-order valence-corrected chi connectivity index (χ1v) is 9.11. The Morgan fingerprint density at radius 3 is 2.48 bits per heavy atom. The topological polar surface area (TPSA) is 50.2 Å². The summed E-state index contributed by atoms with van der Waals surface area (Å²) >= 11 is 0. The maximum atomic E-state index is 13.7. The molecule has 0 radical (unpaired) electrons. The number of hydrogen-bond acceptors (Lipinski definition) is 3. The van der Waals surface area contributed by atoms with E-state index < -0.39 is 18.3 Å². The predicted molar refractivity (Wildman–Crippen MR) is 94.6 cm³/mol. The van der Waals surface area contributed by atoms with Crippen molar-refractivity contribution in [3.05, 3.63) is 47.2 Å². The van der Waals surface area contributed by atoms with Gasteiger partial charge in [-0.25, -0.2) is 4.68 Å². The van der Waals surface area contributed by atoms with Crippen molar-refractivity contribution in [2.75, 3.05) is 18.4 Å². The van der Waals surface area contributed by atoms with Gasteiger partial charge in [0.2, 0.25) is 0 Å². The SMILES string of the molecule is Cc1ccc([C@@H]2C[C@@H](C(F)(F)F)n3nc(C(=O)N4CCCC4)cc3N2)cc1. The van der Waals surface area contributed by atoms with Crippen LogP contribution in [0.15, 0.2) is 30.3 Å². The number of anilines is 1. The van der Waals surface area contributed by atoms with Gasteiger partial charge in [-0.05, 0) is 25.3 Å². The van der Waals surface area contributed by atoms with Gasteiger partial charge in [-0.3, -0.25) is 4.79 Å². The maximum absolute atomic E-state index is 13.7. The van der Waals surface area contributed by atoms with Gasteiger partial charge in [0.05, 0.1) is 6.04 Å². The second-order valence-electron chi connectivity index (χ2n) is 7.26. The second-order valence-corrected chi connectivity index (χ2v) is 7.26. The summed E-state index contributed by atoms with van der Waals surface area (Å²) in [6.07, 6.45) is -2.78. The van der Waals surface area contributed by atoms with E-state index >= 15 is 0 Å². The van der Waals surface area contributed by atoms with Crippen LogP contribution in [0.4, 0.5) is 19.0 Å². The molecule has 4 rings (SSSR count). The van der Waals surface area contributed by atoms with Gasteiger partial charge in [0.15, 0.2) is 11.7 Å². The minimum absolute atomic E-state index is 0.0678. The molecule has 27 heavy (non-hydrogen) atoms. The van der Waals surface area contributed by atoms with E-state index in [0.29, 0.717) is 13.1 Å². The maximum Gasteiger partial charge on any atom is 0.410 e. The van der Waals surface area contributed by atoms with Gasteiger partial charge >= 0.3 is 6.18 Å². The molecular weight excluding hydrogens is 357 g/mol. The van der Waals surface area contributed by atoms with E-state index in [1.165, 1.54) is 6.07 Å². The van der Waals surface area contributed by atoms with Crippen molar-refractivity contribution in [2.24, 2.45) is 0 Å². The first-order chi connectivity index (χ1) is 12.8. The fourth-order valence-corrected chi connectivity index (χ4v) is 3.78. The summed E-state index contributed by atoms with van der Waals surface area (Å²) in [5.41, 5.74) is 1.90. The number of nitrogens with zero attached hydrogens (tertiary/aromatic N) is 3. The van der Waals surface area contributed by atoms with E-state index in [0.717, 1.165) is 28.7 Å². The molecule has 1 amide bonds. The van der Waals surface area contributed by atoms with E-state index in [4.69, 9.17) is 0 Å². The largest absolute Gasteiger partial charge is 0.410 e. The Morgan fingerprint density at radius 2 is 1.85 bits per heavy atom. The molecule has 0 saturated carbocycles. The van der Waals surface area contributed by atoms with Crippen molar-refractivity contribution < 1.29 is 18.0 Å². The van der Waals surface area contributed by atoms with E-state index in [1.807, 2.05) is 31.2 Å². The van der Waals surface area contributed by atoms with Crippen LogP contribution in [-0.4, -0.2) is 39.9 Å². The Morgan fingerprint density at radius 1 is 1.19 bits per heavy atom. The zero-order chi connectivity index (χ0) is 19.2. The van der Waals surface area contributed by atoms with Crippen molar-refractivity contribution in [3.8, 4) is 0 Å². The Labute approximate surface area is 155 Å². The first-order valence-electron chi connectivity index (χ1n) is 9.11. The molecule has 1 N–H and O–H groups in total. The minimum Gasteiger partial charge on any atom is -0.363 e. The molecule has 2 aliphatic rings. The average molecular weight is 378 g/mol. The van der Waals surface area contributed by atoms with Gasteiger partial charge in [0, 0.05) is 25.6 Å². The number of benzene rings is 1. The molecule has 3 heterocycles. The molecule has 0 bridgehead atoms. The molecule has 0 aliphatic carbocycles. The molecule has 1 saturated heterocycles. The van der Waals surface area contributed by atoms with Crippen molar-refractivity contribution >= 4 is 11.7 Å². The van der Waals surface area contributed by atoms with E-state index in [-0.39, 0.29) is 23.8 Å². The van der Waals surface area contributed by atoms with Crippen molar-refractivity contribution in [1.29, 1.82) is 0 Å². The number of amides is 1. The average Bonchev–Trinajstić information content (AvgIpc) is 3.29. The first kappa shape index (κ1) is 17.9. The normalized spacial score (nSPS) is 22.4. The predicted octanol–water partition coefficient (Wildman–Crippen LogP) is 4.09. The highest BCUT2D eigenvalue weighted by Crippen LogP contribution is 2.43. The highest BCUT2D eigenvalue weighted by Gasteiger charge is 2.47. The number of halogens is 3. The third kappa shape index (κ3) is 3.40. The molecule has 2 aliphatic heterocycles. The molecule has 0 spiro atoms. The highest BCUT2D eigenvalue weighted by molar-refractivity contribution is 5.93. The third-order valence-corrected chi connectivity index (χ3v) is 5.28. The van der Waals surface area contributed by atoms with Crippen LogP contribution in [0.2, 0.25) is 0 Å². The number of carbonyl (C=O) groups excluding carboxylic acids is 1. The smallest absolute Gasteiger partial charge is 0.363 e. The number of fused-ring (bicyclic) bond motifs is 1. The Bertz CT molecular complexity index is 838. The van der Waals surface area contributed by atoms with Crippen molar-refractivity contribution in [3.63, 3.8) is 0 Å². The van der Waals surface area contributed by atoms with Gasteiger partial charge in [0.25, 0.3) is 5.91 Å². The number of rotatable bonds is 2. The van der Waals surface area contributed by atoms with E-state index in [9.17, 15) is 18.0 Å². The molecule has 1 aromatic carbocycles. The quantitative estimate of drug-likeness (QED) is 0.856. The van der Waals surface area contributed by atoms with Gasteiger partial charge in [-0.2, -0.15) is 18.3 Å². The number of hydrogen-bond donors (Lipinski definition) is 1. The molecule has 8 heteroatoms. The van der Waals surface area contributed by atoms with Crippen LogP contribution in [0.5, 0.6) is 0 Å². The van der Waals surface area contributed by atoms with Crippen LogP contribution in [-0.2, 0) is 0 Å². The lowest BCUT2D eigenvalue weighted by atomic mass is 9.96. The van der Waals surface area contributed by atoms with Crippen LogP contribution < -0.4 is 5.32 Å². The Hall–Kier alpha value is -2.51. The fourth-order valence-electron chi connectivity index (χ4n) is 3.78. The zero-order valence-electron chi connectivity index (χ0n) is 15.0. The van der Waals surface area contributed by atoms with Crippen molar-refractivity contribution in [2.45, 2.75) is 44.4 Å². The van der Waals surface area contributed by atoms with E-state index in [2.05, 4.69) is 10.4 Å². The number of carbonyl (C=O) groups is 1. The molecule has 2 aromatic rings. The number of nitrogens with one attached hydrogen (secondary N) is 1. The molecule has 1 aromatic heterocycles. The van der Waals surface area contributed by atoms with Gasteiger partial charge in [-0.15, -0.1) is 0 Å². The summed E-state index contributed by atoms with van der Waals surface area (Å²) in [5.74, 6) is -0.0688. The van der Waals surface area contributed by atoms with Crippen LogP contribution in [0.3, 0.4) is 0 Å². The van der Waals surface area contributed by atoms with Crippen LogP contribution in [0.1, 0.15) is 53.0 Å².